The van der Waals surface area contributed by atoms with Gasteiger partial charge in [0.1, 0.15) is 6.04 Å². The number of carbonyl (C=O) groups excluding carboxylic acids is 1. The highest BCUT2D eigenvalue weighted by atomic mass is 35.5. The number of benzene rings is 1. The number of nitrogens with zero attached hydrogens (tertiary/aromatic N) is 1. The van der Waals surface area contributed by atoms with Crippen LogP contribution in [0.5, 0.6) is 0 Å². The van der Waals surface area contributed by atoms with Crippen LogP contribution in [0.3, 0.4) is 0 Å². The second-order valence-electron chi connectivity index (χ2n) is 4.31. The van der Waals surface area contributed by atoms with E-state index >= 15 is 0 Å². The van der Waals surface area contributed by atoms with Gasteiger partial charge in [0, 0.05) is 22.2 Å². The third-order valence-electron chi connectivity index (χ3n) is 2.99. The van der Waals surface area contributed by atoms with Gasteiger partial charge in [-0.15, -0.1) is 6.42 Å². The highest BCUT2D eigenvalue weighted by Gasteiger charge is 2.24. The van der Waals surface area contributed by atoms with Crippen LogP contribution in [0.2, 0.25) is 5.02 Å². The summed E-state index contributed by atoms with van der Waals surface area (Å²) in [5.41, 5.74) is 1.36. The van der Waals surface area contributed by atoms with E-state index in [2.05, 4.69) is 16.2 Å². The molecule has 1 atom stereocenters. The maximum atomic E-state index is 12.2. The van der Waals surface area contributed by atoms with E-state index in [1.165, 1.54) is 0 Å². The lowest BCUT2D eigenvalue weighted by atomic mass is 10.0. The van der Waals surface area contributed by atoms with Crippen molar-refractivity contribution < 1.29 is 9.53 Å². The topological polar surface area (TPSA) is 51.2 Å². The fraction of sp³-hybridized carbons (Fsp3) is 0.250. The molecule has 0 fully saturated rings. The van der Waals surface area contributed by atoms with Crippen molar-refractivity contribution >= 4 is 28.5 Å². The van der Waals surface area contributed by atoms with Crippen molar-refractivity contribution in [2.45, 2.75) is 13.0 Å². The van der Waals surface area contributed by atoms with Crippen LogP contribution >= 0.6 is 11.6 Å². The summed E-state index contributed by atoms with van der Waals surface area (Å²) in [6.45, 7) is 2.31. The second kappa shape index (κ2) is 7.07. The fourth-order valence-electron chi connectivity index (χ4n) is 2.10. The summed E-state index contributed by atoms with van der Waals surface area (Å²) in [6, 6.07) is 6.49. The second-order valence-corrected chi connectivity index (χ2v) is 4.71. The standard InChI is InChI=1S/C16H15ClN2O2/c1-3-9-18-15(16(20)21-4-2)12-7-8-13(17)11-6-5-10-19-14(11)12/h1,5-8,10,15,18H,4,9H2,2H3. The molecule has 0 aliphatic heterocycles. The minimum absolute atomic E-state index is 0.250. The molecule has 0 saturated heterocycles. The van der Waals surface area contributed by atoms with E-state index in [1.807, 2.05) is 6.07 Å². The molecule has 5 heteroatoms. The van der Waals surface area contributed by atoms with Crippen LogP contribution in [0.4, 0.5) is 0 Å². The lowest BCUT2D eigenvalue weighted by molar-refractivity contribution is -0.145. The number of aromatic nitrogens is 1. The molecular weight excluding hydrogens is 288 g/mol. The number of pyridine rings is 1. The third-order valence-corrected chi connectivity index (χ3v) is 3.32. The average Bonchev–Trinajstić information content (AvgIpc) is 2.50. The molecule has 0 amide bonds. The molecule has 2 aromatic rings. The van der Waals surface area contributed by atoms with Crippen molar-refractivity contribution in [3.05, 3.63) is 41.0 Å². The number of hydrogen-bond acceptors (Lipinski definition) is 4. The number of halogens is 1. The summed E-state index contributed by atoms with van der Waals surface area (Å²) in [5, 5.41) is 4.36. The van der Waals surface area contributed by atoms with Crippen molar-refractivity contribution in [3.8, 4) is 12.3 Å². The van der Waals surface area contributed by atoms with Gasteiger partial charge < -0.3 is 4.74 Å². The average molecular weight is 303 g/mol. The normalized spacial score (nSPS) is 11.9. The van der Waals surface area contributed by atoms with Crippen molar-refractivity contribution in [3.63, 3.8) is 0 Å². The van der Waals surface area contributed by atoms with Gasteiger partial charge in [0.2, 0.25) is 0 Å². The number of carbonyl (C=O) groups is 1. The van der Waals surface area contributed by atoms with E-state index in [1.54, 1.807) is 31.3 Å². The Hall–Kier alpha value is -2.09. The largest absolute Gasteiger partial charge is 0.465 e. The molecular formula is C16H15ClN2O2. The first-order chi connectivity index (χ1) is 10.2. The zero-order valence-corrected chi connectivity index (χ0v) is 12.4. The third kappa shape index (κ3) is 3.33. The van der Waals surface area contributed by atoms with E-state index in [4.69, 9.17) is 22.8 Å². The molecule has 0 aliphatic rings. The molecule has 2 rings (SSSR count). The number of terminal acetylenes is 1. The summed E-state index contributed by atoms with van der Waals surface area (Å²) in [4.78, 5) is 16.5. The van der Waals surface area contributed by atoms with Gasteiger partial charge in [0.15, 0.2) is 0 Å². The zero-order chi connectivity index (χ0) is 15.2. The van der Waals surface area contributed by atoms with Gasteiger partial charge >= 0.3 is 5.97 Å². The Kier molecular flexibility index (Phi) is 5.15. The van der Waals surface area contributed by atoms with Crippen LogP contribution in [-0.2, 0) is 9.53 Å². The molecule has 0 radical (unpaired) electrons. The highest BCUT2D eigenvalue weighted by molar-refractivity contribution is 6.35. The SMILES string of the molecule is C#CCNC(C(=O)OCC)c1ccc(Cl)c2cccnc12. The number of rotatable bonds is 5. The molecule has 0 bridgehead atoms. The Bertz CT molecular complexity index is 694. The van der Waals surface area contributed by atoms with E-state index in [0.717, 1.165) is 5.39 Å². The van der Waals surface area contributed by atoms with Crippen molar-refractivity contribution in [1.82, 2.24) is 10.3 Å². The summed E-state index contributed by atoms with van der Waals surface area (Å²) >= 11 is 6.17. The first-order valence-corrected chi connectivity index (χ1v) is 6.93. The minimum atomic E-state index is -0.671. The number of esters is 1. The Morgan fingerprint density at radius 1 is 1.52 bits per heavy atom. The molecule has 108 valence electrons. The van der Waals surface area contributed by atoms with Gasteiger partial charge in [-0.05, 0) is 25.1 Å². The summed E-state index contributed by atoms with van der Waals surface area (Å²) < 4.78 is 5.10. The van der Waals surface area contributed by atoms with Gasteiger partial charge in [0.05, 0.1) is 18.7 Å². The van der Waals surface area contributed by atoms with Gasteiger partial charge in [-0.3, -0.25) is 10.3 Å². The molecule has 4 nitrogen and oxygen atoms in total. The van der Waals surface area contributed by atoms with Gasteiger partial charge in [-0.1, -0.05) is 23.6 Å². The van der Waals surface area contributed by atoms with Crippen LogP contribution in [0.1, 0.15) is 18.5 Å². The first kappa shape index (κ1) is 15.3. The number of nitrogens with one attached hydrogen (secondary N) is 1. The predicted octanol–water partition coefficient (Wildman–Crippen LogP) is 2.72. The summed E-state index contributed by atoms with van der Waals surface area (Å²) in [7, 11) is 0. The van der Waals surface area contributed by atoms with Gasteiger partial charge in [0.25, 0.3) is 0 Å². The number of ether oxygens (including phenoxy) is 1. The fourth-order valence-corrected chi connectivity index (χ4v) is 2.31. The lowest BCUT2D eigenvalue weighted by Gasteiger charge is -2.18. The van der Waals surface area contributed by atoms with Crippen LogP contribution in [-0.4, -0.2) is 24.1 Å². The Labute approximate surface area is 128 Å². The molecule has 0 saturated carbocycles. The van der Waals surface area contributed by atoms with Crippen LogP contribution in [0, 0.1) is 12.3 Å². The Morgan fingerprint density at radius 2 is 2.33 bits per heavy atom. The van der Waals surface area contributed by atoms with Crippen LogP contribution < -0.4 is 5.32 Å². The Balaban J connectivity index is 2.52. The Morgan fingerprint density at radius 3 is 3.05 bits per heavy atom. The van der Waals surface area contributed by atoms with E-state index in [-0.39, 0.29) is 12.5 Å². The molecule has 1 heterocycles. The van der Waals surface area contributed by atoms with Crippen molar-refractivity contribution in [1.29, 1.82) is 0 Å². The molecule has 0 aliphatic carbocycles. The van der Waals surface area contributed by atoms with Crippen molar-refractivity contribution in [2.75, 3.05) is 13.2 Å². The van der Waals surface area contributed by atoms with Crippen LogP contribution in [0.25, 0.3) is 10.9 Å². The molecule has 1 aromatic heterocycles. The predicted molar refractivity (Wildman–Crippen MR) is 83.0 cm³/mol. The van der Waals surface area contributed by atoms with Crippen LogP contribution in [0.15, 0.2) is 30.5 Å². The lowest BCUT2D eigenvalue weighted by Crippen LogP contribution is -2.30. The summed E-state index contributed by atoms with van der Waals surface area (Å²) in [6.07, 6.45) is 6.92. The number of fused-ring (bicyclic) bond motifs is 1. The van der Waals surface area contributed by atoms with E-state index in [9.17, 15) is 4.79 Å². The molecule has 0 spiro atoms. The minimum Gasteiger partial charge on any atom is -0.465 e. The zero-order valence-electron chi connectivity index (χ0n) is 11.6. The first-order valence-electron chi connectivity index (χ1n) is 6.55. The smallest absolute Gasteiger partial charge is 0.327 e. The summed E-state index contributed by atoms with van der Waals surface area (Å²) in [5.74, 6) is 2.07. The van der Waals surface area contributed by atoms with E-state index < -0.39 is 6.04 Å². The molecule has 1 aromatic carbocycles. The maximum absolute atomic E-state index is 12.2. The highest BCUT2D eigenvalue weighted by Crippen LogP contribution is 2.29. The van der Waals surface area contributed by atoms with Gasteiger partial charge in [-0.25, -0.2) is 4.79 Å². The molecule has 1 unspecified atom stereocenters. The van der Waals surface area contributed by atoms with E-state index in [0.29, 0.717) is 22.7 Å². The molecule has 21 heavy (non-hydrogen) atoms. The number of hydrogen-bond donors (Lipinski definition) is 1. The molecule has 1 N–H and O–H groups in total. The van der Waals surface area contributed by atoms with Crippen molar-refractivity contribution in [2.24, 2.45) is 0 Å². The quantitative estimate of drug-likeness (QED) is 0.681. The maximum Gasteiger partial charge on any atom is 0.327 e. The van der Waals surface area contributed by atoms with Gasteiger partial charge in [-0.2, -0.15) is 0 Å². The monoisotopic (exact) mass is 302 g/mol.